The minimum Gasteiger partial charge on any atom is -0.438 e. The summed E-state index contributed by atoms with van der Waals surface area (Å²) in [4.78, 5) is 30.6. The van der Waals surface area contributed by atoms with Crippen LogP contribution in [0.15, 0.2) is 83.3 Å². The number of para-hydroxylation sites is 1. The fourth-order valence-electron chi connectivity index (χ4n) is 3.22. The maximum absolute atomic E-state index is 13.3. The molecular formula is C26H20N4O3. The molecule has 2 aromatic carbocycles. The van der Waals surface area contributed by atoms with Crippen molar-refractivity contribution >= 4 is 23.3 Å². The molecular weight excluding hydrogens is 416 g/mol. The highest BCUT2D eigenvalue weighted by atomic mass is 16.5. The van der Waals surface area contributed by atoms with Crippen LogP contribution in [-0.2, 0) is 4.79 Å². The van der Waals surface area contributed by atoms with Crippen LogP contribution < -0.4 is 15.6 Å². The van der Waals surface area contributed by atoms with Gasteiger partial charge in [0, 0.05) is 11.9 Å². The number of nitriles is 1. The van der Waals surface area contributed by atoms with Crippen LogP contribution in [0.1, 0.15) is 16.7 Å². The van der Waals surface area contributed by atoms with Gasteiger partial charge in [-0.3, -0.25) is 14.0 Å². The molecule has 4 rings (SSSR count). The van der Waals surface area contributed by atoms with Crippen LogP contribution >= 0.6 is 0 Å². The maximum Gasteiger partial charge on any atom is 0.269 e. The summed E-state index contributed by atoms with van der Waals surface area (Å²) in [6.07, 6.45) is 2.80. The first-order chi connectivity index (χ1) is 16.0. The van der Waals surface area contributed by atoms with Crippen LogP contribution in [0.3, 0.4) is 0 Å². The van der Waals surface area contributed by atoms with Gasteiger partial charge in [-0.1, -0.05) is 42.0 Å². The van der Waals surface area contributed by atoms with Gasteiger partial charge in [0.25, 0.3) is 11.5 Å². The zero-order valence-corrected chi connectivity index (χ0v) is 18.1. The van der Waals surface area contributed by atoms with Gasteiger partial charge < -0.3 is 10.1 Å². The van der Waals surface area contributed by atoms with E-state index in [0.29, 0.717) is 17.1 Å². The van der Waals surface area contributed by atoms with Crippen molar-refractivity contribution in [3.8, 4) is 17.7 Å². The van der Waals surface area contributed by atoms with Crippen molar-refractivity contribution in [2.75, 3.05) is 5.32 Å². The van der Waals surface area contributed by atoms with Gasteiger partial charge in [-0.2, -0.15) is 10.2 Å². The summed E-state index contributed by atoms with van der Waals surface area (Å²) in [6, 6.07) is 21.5. The second-order valence-electron chi connectivity index (χ2n) is 7.43. The van der Waals surface area contributed by atoms with E-state index in [1.807, 2.05) is 44.2 Å². The predicted octanol–water partition coefficient (Wildman–Crippen LogP) is 4.65. The number of nitrogens with one attached hydrogen (secondary N) is 1. The summed E-state index contributed by atoms with van der Waals surface area (Å²) < 4.78 is 7.27. The van der Waals surface area contributed by atoms with Crippen molar-refractivity contribution < 1.29 is 9.53 Å². The summed E-state index contributed by atoms with van der Waals surface area (Å²) in [5, 5.41) is 12.3. The monoisotopic (exact) mass is 436 g/mol. The second kappa shape index (κ2) is 9.20. The third-order valence-electron chi connectivity index (χ3n) is 4.97. The number of aromatic nitrogens is 2. The first kappa shape index (κ1) is 21.5. The summed E-state index contributed by atoms with van der Waals surface area (Å²) >= 11 is 0. The minimum absolute atomic E-state index is 0.00226. The summed E-state index contributed by atoms with van der Waals surface area (Å²) in [6.45, 7) is 3.77. The van der Waals surface area contributed by atoms with Crippen LogP contribution in [0.2, 0.25) is 0 Å². The van der Waals surface area contributed by atoms with E-state index in [0.717, 1.165) is 11.1 Å². The number of ether oxygens (including phenoxy) is 1. The molecule has 162 valence electrons. The number of rotatable bonds is 5. The minimum atomic E-state index is -0.638. The molecule has 2 aromatic heterocycles. The molecule has 1 N–H and O–H groups in total. The van der Waals surface area contributed by atoms with Crippen molar-refractivity contribution in [1.82, 2.24) is 9.38 Å². The van der Waals surface area contributed by atoms with Crippen molar-refractivity contribution in [3.63, 3.8) is 0 Å². The molecule has 0 aliphatic carbocycles. The highest BCUT2D eigenvalue weighted by Gasteiger charge is 2.18. The molecule has 0 radical (unpaired) electrons. The average Bonchev–Trinajstić information content (AvgIpc) is 2.82. The summed E-state index contributed by atoms with van der Waals surface area (Å²) in [5.41, 5.74) is 2.07. The van der Waals surface area contributed by atoms with Crippen molar-refractivity contribution in [3.05, 3.63) is 106 Å². The first-order valence-electron chi connectivity index (χ1n) is 10.2. The van der Waals surface area contributed by atoms with E-state index in [1.54, 1.807) is 48.7 Å². The Morgan fingerprint density at radius 1 is 1.06 bits per heavy atom. The lowest BCUT2D eigenvalue weighted by Crippen LogP contribution is -2.20. The highest BCUT2D eigenvalue weighted by Crippen LogP contribution is 2.24. The quantitative estimate of drug-likeness (QED) is 0.363. The number of benzene rings is 2. The molecule has 4 aromatic rings. The first-order valence-corrected chi connectivity index (χ1v) is 10.2. The Kier molecular flexibility index (Phi) is 6.00. The number of aryl methyl sites for hydroxylation is 2. The third kappa shape index (κ3) is 4.65. The molecule has 0 fully saturated rings. The smallest absolute Gasteiger partial charge is 0.269 e. The average molecular weight is 436 g/mol. The molecule has 33 heavy (non-hydrogen) atoms. The van der Waals surface area contributed by atoms with E-state index in [4.69, 9.17) is 4.74 Å². The number of carbonyl (C=O) groups is 1. The largest absolute Gasteiger partial charge is 0.438 e. The van der Waals surface area contributed by atoms with Gasteiger partial charge in [0.15, 0.2) is 0 Å². The lowest BCUT2D eigenvalue weighted by Gasteiger charge is -2.11. The van der Waals surface area contributed by atoms with Gasteiger partial charge in [0.1, 0.15) is 28.6 Å². The van der Waals surface area contributed by atoms with Crippen LogP contribution in [-0.4, -0.2) is 15.3 Å². The number of carbonyl (C=O) groups excluding carboxylic acids is 1. The molecule has 0 aliphatic rings. The Morgan fingerprint density at radius 3 is 2.48 bits per heavy atom. The third-order valence-corrected chi connectivity index (χ3v) is 4.97. The molecule has 0 saturated heterocycles. The molecule has 0 aliphatic heterocycles. The van der Waals surface area contributed by atoms with Gasteiger partial charge in [0.2, 0.25) is 5.88 Å². The Hall–Kier alpha value is -4.70. The van der Waals surface area contributed by atoms with Crippen molar-refractivity contribution in [2.24, 2.45) is 0 Å². The Morgan fingerprint density at radius 2 is 1.79 bits per heavy atom. The molecule has 1 amide bonds. The zero-order chi connectivity index (χ0) is 23.4. The molecule has 0 saturated carbocycles. The molecule has 0 atom stereocenters. The number of anilines is 1. The molecule has 0 bridgehead atoms. The van der Waals surface area contributed by atoms with E-state index in [-0.39, 0.29) is 17.0 Å². The number of hydrogen-bond donors (Lipinski definition) is 1. The lowest BCUT2D eigenvalue weighted by molar-refractivity contribution is -0.112. The molecule has 2 heterocycles. The standard InChI is InChI=1S/C26H20N4O3/c1-17-10-12-20(13-11-17)28-24(31)19(16-27)15-22-25(33-21-8-4-3-5-9-21)29-23-18(2)7-6-14-30(23)26(22)32/h3-15H,1-2H3,(H,28,31). The van der Waals surface area contributed by atoms with E-state index < -0.39 is 11.5 Å². The van der Waals surface area contributed by atoms with Gasteiger partial charge in [-0.05, 0) is 55.8 Å². The lowest BCUT2D eigenvalue weighted by atomic mass is 10.1. The van der Waals surface area contributed by atoms with Crippen LogP contribution in [0.5, 0.6) is 11.6 Å². The van der Waals surface area contributed by atoms with Crippen LogP contribution in [0.4, 0.5) is 5.69 Å². The summed E-state index contributed by atoms with van der Waals surface area (Å²) in [5.74, 6) is -0.156. The predicted molar refractivity (Wildman–Crippen MR) is 126 cm³/mol. The van der Waals surface area contributed by atoms with E-state index in [9.17, 15) is 14.9 Å². The van der Waals surface area contributed by atoms with E-state index in [2.05, 4.69) is 10.3 Å². The fourth-order valence-corrected chi connectivity index (χ4v) is 3.22. The Bertz CT molecular complexity index is 1460. The van der Waals surface area contributed by atoms with Gasteiger partial charge in [-0.15, -0.1) is 0 Å². The molecule has 0 unspecified atom stereocenters. The highest BCUT2D eigenvalue weighted by molar-refractivity contribution is 6.09. The fraction of sp³-hybridized carbons (Fsp3) is 0.0769. The van der Waals surface area contributed by atoms with Crippen LogP contribution in [0, 0.1) is 25.2 Å². The van der Waals surface area contributed by atoms with E-state index in [1.165, 1.54) is 10.5 Å². The number of fused-ring (bicyclic) bond motifs is 1. The topological polar surface area (TPSA) is 96.5 Å². The molecule has 7 heteroatoms. The second-order valence-corrected chi connectivity index (χ2v) is 7.43. The van der Waals surface area contributed by atoms with Crippen LogP contribution in [0.25, 0.3) is 11.7 Å². The van der Waals surface area contributed by atoms with Gasteiger partial charge in [0.05, 0.1) is 0 Å². The normalized spacial score (nSPS) is 11.1. The number of pyridine rings is 1. The van der Waals surface area contributed by atoms with E-state index >= 15 is 0 Å². The molecule has 0 spiro atoms. The van der Waals surface area contributed by atoms with Crippen molar-refractivity contribution in [2.45, 2.75) is 13.8 Å². The van der Waals surface area contributed by atoms with Gasteiger partial charge >= 0.3 is 0 Å². The Balaban J connectivity index is 1.82. The number of amides is 1. The summed E-state index contributed by atoms with van der Waals surface area (Å²) in [7, 11) is 0. The van der Waals surface area contributed by atoms with Gasteiger partial charge in [-0.25, -0.2) is 0 Å². The SMILES string of the molecule is Cc1ccc(NC(=O)C(C#N)=Cc2c(Oc3ccccc3)nc3c(C)cccn3c2=O)cc1. The Labute approximate surface area is 190 Å². The number of hydrogen-bond acceptors (Lipinski definition) is 5. The molecule has 7 nitrogen and oxygen atoms in total. The number of nitrogens with zero attached hydrogens (tertiary/aromatic N) is 3. The maximum atomic E-state index is 13.3. The zero-order valence-electron chi connectivity index (χ0n) is 18.1. The van der Waals surface area contributed by atoms with Crippen molar-refractivity contribution in [1.29, 1.82) is 5.26 Å².